The SMILES string of the molecule is CNC(c1ccc(F)c(Br)c1)C(F)(F)C(F)F. The molecular formula is C10H9BrF5N. The first-order valence-corrected chi connectivity index (χ1v) is 5.38. The molecule has 0 aliphatic heterocycles. The first-order chi connectivity index (χ1) is 7.80. The Morgan fingerprint density at radius 3 is 2.29 bits per heavy atom. The maximum atomic E-state index is 13.2. The van der Waals surface area contributed by atoms with Crippen molar-refractivity contribution in [3.8, 4) is 0 Å². The maximum absolute atomic E-state index is 13.2. The largest absolute Gasteiger partial charge is 0.326 e. The van der Waals surface area contributed by atoms with Gasteiger partial charge >= 0.3 is 12.3 Å². The van der Waals surface area contributed by atoms with Crippen LogP contribution in [0, 0.1) is 5.82 Å². The average Bonchev–Trinajstić information content (AvgIpc) is 2.23. The Kier molecular flexibility index (Phi) is 4.48. The molecule has 0 saturated carbocycles. The van der Waals surface area contributed by atoms with Crippen LogP contribution in [-0.4, -0.2) is 19.4 Å². The predicted molar refractivity (Wildman–Crippen MR) is 56.9 cm³/mol. The summed E-state index contributed by atoms with van der Waals surface area (Å²) in [6.07, 6.45) is -3.80. The van der Waals surface area contributed by atoms with Crippen molar-refractivity contribution < 1.29 is 22.0 Å². The van der Waals surface area contributed by atoms with Gasteiger partial charge in [0.1, 0.15) is 11.9 Å². The summed E-state index contributed by atoms with van der Waals surface area (Å²) in [4.78, 5) is 0. The normalized spacial score (nSPS) is 14.1. The molecule has 1 aromatic carbocycles. The second-order valence-corrected chi connectivity index (χ2v) is 4.22. The molecule has 1 aromatic rings. The summed E-state index contributed by atoms with van der Waals surface area (Å²) in [7, 11) is 1.14. The van der Waals surface area contributed by atoms with E-state index in [1.165, 1.54) is 0 Å². The van der Waals surface area contributed by atoms with Crippen LogP contribution < -0.4 is 5.32 Å². The van der Waals surface area contributed by atoms with E-state index < -0.39 is 24.2 Å². The number of rotatable bonds is 4. The van der Waals surface area contributed by atoms with Crippen molar-refractivity contribution in [1.82, 2.24) is 5.32 Å². The van der Waals surface area contributed by atoms with E-state index in [0.717, 1.165) is 25.2 Å². The van der Waals surface area contributed by atoms with Crippen LogP contribution in [0.4, 0.5) is 22.0 Å². The predicted octanol–water partition coefficient (Wildman–Crippen LogP) is 3.75. The Labute approximate surface area is 103 Å². The molecule has 0 radical (unpaired) electrons. The molecule has 0 heterocycles. The number of nitrogens with one attached hydrogen (secondary N) is 1. The molecule has 96 valence electrons. The zero-order chi connectivity index (χ0) is 13.2. The monoisotopic (exact) mass is 317 g/mol. The summed E-state index contributed by atoms with van der Waals surface area (Å²) < 4.78 is 63.8. The topological polar surface area (TPSA) is 12.0 Å². The fourth-order valence-electron chi connectivity index (χ4n) is 1.40. The molecule has 1 N–H and O–H groups in total. The van der Waals surface area contributed by atoms with Crippen molar-refractivity contribution in [2.45, 2.75) is 18.4 Å². The molecule has 17 heavy (non-hydrogen) atoms. The number of alkyl halides is 4. The molecule has 0 aliphatic rings. The van der Waals surface area contributed by atoms with Crippen LogP contribution in [0.1, 0.15) is 11.6 Å². The van der Waals surface area contributed by atoms with E-state index in [-0.39, 0.29) is 10.0 Å². The molecule has 7 heteroatoms. The van der Waals surface area contributed by atoms with Crippen LogP contribution >= 0.6 is 15.9 Å². The molecule has 1 nitrogen and oxygen atoms in total. The Morgan fingerprint density at radius 1 is 1.29 bits per heavy atom. The molecule has 0 amide bonds. The molecule has 1 atom stereocenters. The van der Waals surface area contributed by atoms with Crippen molar-refractivity contribution >= 4 is 15.9 Å². The van der Waals surface area contributed by atoms with Gasteiger partial charge in [-0.25, -0.2) is 13.2 Å². The van der Waals surface area contributed by atoms with Gasteiger partial charge in [0.25, 0.3) is 0 Å². The number of hydrogen-bond donors (Lipinski definition) is 1. The lowest BCUT2D eigenvalue weighted by Gasteiger charge is -2.26. The first-order valence-electron chi connectivity index (χ1n) is 4.59. The van der Waals surface area contributed by atoms with Crippen LogP contribution in [0.3, 0.4) is 0 Å². The van der Waals surface area contributed by atoms with E-state index in [1.54, 1.807) is 0 Å². The van der Waals surface area contributed by atoms with Crippen molar-refractivity contribution in [3.05, 3.63) is 34.1 Å². The molecule has 1 rings (SSSR count). The average molecular weight is 318 g/mol. The quantitative estimate of drug-likeness (QED) is 0.834. The number of benzene rings is 1. The molecule has 1 unspecified atom stereocenters. The highest BCUT2D eigenvalue weighted by molar-refractivity contribution is 9.10. The van der Waals surface area contributed by atoms with Gasteiger partial charge in [0.05, 0.1) is 4.47 Å². The number of hydrogen-bond acceptors (Lipinski definition) is 1. The van der Waals surface area contributed by atoms with Crippen molar-refractivity contribution in [2.75, 3.05) is 7.05 Å². The van der Waals surface area contributed by atoms with Crippen molar-refractivity contribution in [3.63, 3.8) is 0 Å². The Hall–Kier alpha value is -0.690. The van der Waals surface area contributed by atoms with E-state index in [2.05, 4.69) is 21.2 Å². The highest BCUT2D eigenvalue weighted by Crippen LogP contribution is 2.37. The molecular weight excluding hydrogens is 309 g/mol. The maximum Gasteiger partial charge on any atom is 0.326 e. The lowest BCUT2D eigenvalue weighted by molar-refractivity contribution is -0.150. The van der Waals surface area contributed by atoms with Crippen molar-refractivity contribution in [2.24, 2.45) is 0 Å². The van der Waals surface area contributed by atoms with Crippen LogP contribution in [0.25, 0.3) is 0 Å². The van der Waals surface area contributed by atoms with Gasteiger partial charge in [0.2, 0.25) is 0 Å². The molecule has 0 aliphatic carbocycles. The van der Waals surface area contributed by atoms with Crippen molar-refractivity contribution in [1.29, 1.82) is 0 Å². The first kappa shape index (κ1) is 14.4. The third-order valence-electron chi connectivity index (χ3n) is 2.24. The van der Waals surface area contributed by atoms with Crippen LogP contribution in [0.5, 0.6) is 0 Å². The van der Waals surface area contributed by atoms with Gasteiger partial charge in [-0.2, -0.15) is 8.78 Å². The third kappa shape index (κ3) is 2.95. The van der Waals surface area contributed by atoms with E-state index in [0.29, 0.717) is 0 Å². The molecule has 0 fully saturated rings. The zero-order valence-electron chi connectivity index (χ0n) is 8.65. The minimum atomic E-state index is -4.23. The van der Waals surface area contributed by atoms with Gasteiger partial charge in [-0.1, -0.05) is 6.07 Å². The second-order valence-electron chi connectivity index (χ2n) is 3.37. The highest BCUT2D eigenvalue weighted by atomic mass is 79.9. The smallest absolute Gasteiger partial charge is 0.308 e. The van der Waals surface area contributed by atoms with Crippen LogP contribution in [-0.2, 0) is 0 Å². The van der Waals surface area contributed by atoms with Gasteiger partial charge in [0, 0.05) is 0 Å². The van der Waals surface area contributed by atoms with E-state index in [1.807, 2.05) is 0 Å². The molecule has 0 saturated heterocycles. The Morgan fingerprint density at radius 2 is 1.88 bits per heavy atom. The summed E-state index contributed by atoms with van der Waals surface area (Å²) in [5, 5.41) is 2.11. The standard InChI is InChI=1S/C10H9BrF5N/c1-17-8(10(15,16)9(13)14)5-2-3-7(12)6(11)4-5/h2-4,8-9,17H,1H3. The Bertz CT molecular complexity index is 396. The summed E-state index contributed by atoms with van der Waals surface area (Å²) in [6, 6.07) is 1.15. The van der Waals surface area contributed by atoms with Crippen LogP contribution in [0.2, 0.25) is 0 Å². The summed E-state index contributed by atoms with van der Waals surface area (Å²) in [5.74, 6) is -4.88. The minimum Gasteiger partial charge on any atom is -0.308 e. The lowest BCUT2D eigenvalue weighted by atomic mass is 10.0. The summed E-state index contributed by atoms with van der Waals surface area (Å²) in [6.45, 7) is 0. The third-order valence-corrected chi connectivity index (χ3v) is 2.85. The van der Waals surface area contributed by atoms with Crippen LogP contribution in [0.15, 0.2) is 22.7 Å². The summed E-state index contributed by atoms with van der Waals surface area (Å²) in [5.41, 5.74) is -0.119. The van der Waals surface area contributed by atoms with E-state index in [9.17, 15) is 22.0 Å². The molecule has 0 spiro atoms. The van der Waals surface area contributed by atoms with Gasteiger partial charge in [-0.3, -0.25) is 0 Å². The summed E-state index contributed by atoms with van der Waals surface area (Å²) >= 11 is 2.81. The molecule has 0 bridgehead atoms. The number of halogens is 6. The van der Waals surface area contributed by atoms with E-state index in [4.69, 9.17) is 0 Å². The highest BCUT2D eigenvalue weighted by Gasteiger charge is 2.48. The second kappa shape index (κ2) is 5.30. The van der Waals surface area contributed by atoms with Gasteiger partial charge in [-0.15, -0.1) is 0 Å². The fraction of sp³-hybridized carbons (Fsp3) is 0.400. The van der Waals surface area contributed by atoms with E-state index >= 15 is 0 Å². The minimum absolute atomic E-state index is 0.0553. The van der Waals surface area contributed by atoms with Gasteiger partial charge in [-0.05, 0) is 40.7 Å². The lowest BCUT2D eigenvalue weighted by Crippen LogP contribution is -2.41. The molecule has 0 aromatic heterocycles. The Balaban J connectivity index is 3.14. The van der Waals surface area contributed by atoms with Gasteiger partial charge < -0.3 is 5.32 Å². The fourth-order valence-corrected chi connectivity index (χ4v) is 1.80. The zero-order valence-corrected chi connectivity index (χ0v) is 10.2. The van der Waals surface area contributed by atoms with Gasteiger partial charge in [0.15, 0.2) is 0 Å².